The minimum Gasteiger partial charge on any atom is -0.367 e. The van der Waals surface area contributed by atoms with Crippen LogP contribution in [0.15, 0.2) is 6.20 Å². The quantitative estimate of drug-likeness (QED) is 0.719. The summed E-state index contributed by atoms with van der Waals surface area (Å²) in [6, 6.07) is 0. The second kappa shape index (κ2) is 7.75. The molecule has 0 aliphatic heterocycles. The van der Waals surface area contributed by atoms with E-state index >= 15 is 0 Å². The van der Waals surface area contributed by atoms with E-state index in [-0.39, 0.29) is 23.7 Å². The lowest BCUT2D eigenvalue weighted by Gasteiger charge is -2.20. The van der Waals surface area contributed by atoms with E-state index in [2.05, 4.69) is 25.9 Å². The van der Waals surface area contributed by atoms with E-state index < -0.39 is 5.82 Å². The fourth-order valence-corrected chi connectivity index (χ4v) is 1.59. The lowest BCUT2D eigenvalue weighted by Crippen LogP contribution is -2.41. The molecule has 1 rings (SSSR count). The molecule has 0 aliphatic carbocycles. The maximum atomic E-state index is 13.6. The minimum atomic E-state index is -0.534. The predicted molar refractivity (Wildman–Crippen MR) is 81.8 cm³/mol. The van der Waals surface area contributed by atoms with Gasteiger partial charge in [-0.3, -0.25) is 4.79 Å². The molecule has 118 valence electrons. The van der Waals surface area contributed by atoms with Crippen LogP contribution >= 0.6 is 0 Å². The molecule has 0 aromatic carbocycles. The van der Waals surface area contributed by atoms with E-state index in [1.54, 1.807) is 0 Å². The first-order chi connectivity index (χ1) is 9.81. The molecule has 1 heterocycles. The zero-order chi connectivity index (χ0) is 15.9. The molecule has 0 saturated carbocycles. The van der Waals surface area contributed by atoms with Crippen LogP contribution < -0.4 is 16.0 Å². The van der Waals surface area contributed by atoms with Gasteiger partial charge in [-0.2, -0.15) is 4.98 Å². The number of aromatic nitrogens is 2. The highest BCUT2D eigenvalue weighted by molar-refractivity contribution is 5.77. The molecule has 21 heavy (non-hydrogen) atoms. The number of halogens is 1. The topological polar surface area (TPSA) is 78.9 Å². The molecule has 3 N–H and O–H groups in total. The van der Waals surface area contributed by atoms with Gasteiger partial charge in [-0.1, -0.05) is 6.92 Å². The summed E-state index contributed by atoms with van der Waals surface area (Å²) in [5.41, 5.74) is -0.269. The molecule has 1 aromatic heterocycles. The van der Waals surface area contributed by atoms with Crippen LogP contribution in [-0.2, 0) is 4.79 Å². The number of carbonyl (C=O) groups is 1. The van der Waals surface area contributed by atoms with E-state index in [1.165, 1.54) is 0 Å². The second-order valence-corrected chi connectivity index (χ2v) is 5.79. The third-order valence-electron chi connectivity index (χ3n) is 2.44. The van der Waals surface area contributed by atoms with Crippen molar-refractivity contribution in [3.8, 4) is 0 Å². The second-order valence-electron chi connectivity index (χ2n) is 5.79. The van der Waals surface area contributed by atoms with Gasteiger partial charge in [0.05, 0.1) is 6.20 Å². The molecule has 0 radical (unpaired) electrons. The van der Waals surface area contributed by atoms with Gasteiger partial charge in [-0.25, -0.2) is 9.37 Å². The summed E-state index contributed by atoms with van der Waals surface area (Å²) in [7, 11) is 0. The van der Waals surface area contributed by atoms with Crippen molar-refractivity contribution in [1.29, 1.82) is 0 Å². The van der Waals surface area contributed by atoms with Crippen molar-refractivity contribution in [3.63, 3.8) is 0 Å². The van der Waals surface area contributed by atoms with Gasteiger partial charge >= 0.3 is 0 Å². The molecule has 1 aromatic rings. The zero-order valence-corrected chi connectivity index (χ0v) is 13.1. The van der Waals surface area contributed by atoms with Gasteiger partial charge in [0.1, 0.15) is 0 Å². The van der Waals surface area contributed by atoms with Crippen molar-refractivity contribution in [2.45, 2.75) is 46.1 Å². The number of hydrogen-bond donors (Lipinski definition) is 3. The summed E-state index contributed by atoms with van der Waals surface area (Å²) in [5, 5.41) is 8.65. The van der Waals surface area contributed by atoms with Gasteiger partial charge in [0.25, 0.3) is 0 Å². The fourth-order valence-electron chi connectivity index (χ4n) is 1.59. The molecule has 7 heteroatoms. The van der Waals surface area contributed by atoms with Crippen molar-refractivity contribution >= 4 is 17.7 Å². The molecule has 0 aliphatic rings. The third kappa shape index (κ3) is 6.87. The van der Waals surface area contributed by atoms with Gasteiger partial charge in [0.15, 0.2) is 11.6 Å². The van der Waals surface area contributed by atoms with Crippen LogP contribution in [-0.4, -0.2) is 34.5 Å². The number of amides is 1. The lowest BCUT2D eigenvalue weighted by molar-refractivity contribution is -0.122. The Kier molecular flexibility index (Phi) is 6.33. The van der Waals surface area contributed by atoms with Gasteiger partial charge in [-0.05, 0) is 27.2 Å². The first-order valence-corrected chi connectivity index (χ1v) is 7.13. The van der Waals surface area contributed by atoms with Crippen molar-refractivity contribution in [2.75, 3.05) is 23.7 Å². The first kappa shape index (κ1) is 17.1. The maximum absolute atomic E-state index is 13.6. The summed E-state index contributed by atoms with van der Waals surface area (Å²) < 4.78 is 13.6. The highest BCUT2D eigenvalue weighted by Gasteiger charge is 2.13. The van der Waals surface area contributed by atoms with Crippen molar-refractivity contribution in [1.82, 2.24) is 15.3 Å². The smallest absolute Gasteiger partial charge is 0.224 e. The first-order valence-electron chi connectivity index (χ1n) is 7.13. The Hall–Kier alpha value is -1.92. The van der Waals surface area contributed by atoms with Crippen LogP contribution in [0.1, 0.15) is 40.5 Å². The normalized spacial score (nSPS) is 11.1. The summed E-state index contributed by atoms with van der Waals surface area (Å²) in [6.07, 6.45) is 2.29. The molecule has 6 nitrogen and oxygen atoms in total. The molecule has 0 bridgehead atoms. The Labute approximate surface area is 124 Å². The summed E-state index contributed by atoms with van der Waals surface area (Å²) in [4.78, 5) is 19.5. The Morgan fingerprint density at radius 1 is 1.29 bits per heavy atom. The van der Waals surface area contributed by atoms with Crippen LogP contribution in [0, 0.1) is 5.82 Å². The third-order valence-corrected chi connectivity index (χ3v) is 2.44. The standard InChI is InChI=1S/C14H24FN5O/c1-5-7-17-13-18-9-10(15)12(19-13)16-8-6-11(21)20-14(2,3)4/h9H,5-8H2,1-4H3,(H,20,21)(H2,16,17,18,19). The largest absolute Gasteiger partial charge is 0.367 e. The summed E-state index contributed by atoms with van der Waals surface area (Å²) >= 11 is 0. The van der Waals surface area contributed by atoms with Crippen LogP contribution in [0.2, 0.25) is 0 Å². The highest BCUT2D eigenvalue weighted by Crippen LogP contribution is 2.11. The summed E-state index contributed by atoms with van der Waals surface area (Å²) in [5.74, 6) is -0.144. The molecular weight excluding hydrogens is 273 g/mol. The van der Waals surface area contributed by atoms with Crippen LogP contribution in [0.25, 0.3) is 0 Å². The van der Waals surface area contributed by atoms with Gasteiger partial charge in [0.2, 0.25) is 11.9 Å². The Morgan fingerprint density at radius 3 is 2.62 bits per heavy atom. The minimum absolute atomic E-state index is 0.0891. The van der Waals surface area contributed by atoms with Crippen molar-refractivity contribution in [3.05, 3.63) is 12.0 Å². The Morgan fingerprint density at radius 2 is 2.00 bits per heavy atom. The molecule has 0 fully saturated rings. The molecule has 0 atom stereocenters. The Bertz CT molecular complexity index is 473. The highest BCUT2D eigenvalue weighted by atomic mass is 19.1. The number of anilines is 2. The number of nitrogens with zero attached hydrogens (tertiary/aromatic N) is 2. The lowest BCUT2D eigenvalue weighted by atomic mass is 10.1. The van der Waals surface area contributed by atoms with Crippen molar-refractivity contribution in [2.24, 2.45) is 0 Å². The predicted octanol–water partition coefficient (Wildman–Crippen LogP) is 2.15. The van der Waals surface area contributed by atoms with E-state index in [0.29, 0.717) is 12.5 Å². The van der Waals surface area contributed by atoms with E-state index in [1.807, 2.05) is 27.7 Å². The van der Waals surface area contributed by atoms with Crippen LogP contribution in [0.4, 0.5) is 16.2 Å². The van der Waals surface area contributed by atoms with Gasteiger partial charge in [0, 0.05) is 25.0 Å². The molecule has 0 saturated heterocycles. The van der Waals surface area contributed by atoms with Crippen LogP contribution in [0.5, 0.6) is 0 Å². The molecular formula is C14H24FN5O. The molecule has 1 amide bonds. The molecule has 0 spiro atoms. The molecule has 0 unspecified atom stereocenters. The monoisotopic (exact) mass is 297 g/mol. The van der Waals surface area contributed by atoms with E-state index in [4.69, 9.17) is 0 Å². The van der Waals surface area contributed by atoms with Crippen molar-refractivity contribution < 1.29 is 9.18 Å². The SMILES string of the molecule is CCCNc1ncc(F)c(NCCC(=O)NC(C)(C)C)n1. The number of rotatable bonds is 7. The van der Waals surface area contributed by atoms with E-state index in [0.717, 1.165) is 19.2 Å². The average molecular weight is 297 g/mol. The number of carbonyl (C=O) groups excluding carboxylic acids is 1. The van der Waals surface area contributed by atoms with Crippen LogP contribution in [0.3, 0.4) is 0 Å². The Balaban J connectivity index is 2.49. The maximum Gasteiger partial charge on any atom is 0.224 e. The van der Waals surface area contributed by atoms with E-state index in [9.17, 15) is 9.18 Å². The zero-order valence-electron chi connectivity index (χ0n) is 13.1. The average Bonchev–Trinajstić information content (AvgIpc) is 2.37. The fraction of sp³-hybridized carbons (Fsp3) is 0.643. The number of hydrogen-bond acceptors (Lipinski definition) is 5. The number of nitrogens with one attached hydrogen (secondary N) is 3. The van der Waals surface area contributed by atoms with Gasteiger partial charge in [-0.15, -0.1) is 0 Å². The van der Waals surface area contributed by atoms with Gasteiger partial charge < -0.3 is 16.0 Å². The summed E-state index contributed by atoms with van der Waals surface area (Å²) in [6.45, 7) is 8.78.